The number of aryl methyl sites for hydroxylation is 1. The number of hydrogen-bond acceptors (Lipinski definition) is 0. The Kier molecular flexibility index (Phi) is 3.62. The molecule has 2 atom stereocenters. The molecule has 2 aromatic rings. The van der Waals surface area contributed by atoms with Crippen LogP contribution in [0, 0.1) is 0 Å². The van der Waals surface area contributed by atoms with E-state index in [0.717, 1.165) is 0 Å². The van der Waals surface area contributed by atoms with E-state index in [1.54, 1.807) is 16.4 Å². The van der Waals surface area contributed by atoms with Crippen LogP contribution in [0.5, 0.6) is 0 Å². The van der Waals surface area contributed by atoms with E-state index in [1.807, 2.05) is 0 Å². The molecule has 1 aromatic carbocycles. The number of rotatable bonds is 4. The van der Waals surface area contributed by atoms with Crippen LogP contribution in [0.25, 0.3) is 11.6 Å². The van der Waals surface area contributed by atoms with Crippen molar-refractivity contribution in [2.75, 3.05) is 0 Å². The van der Waals surface area contributed by atoms with Gasteiger partial charge in [0.1, 0.15) is 0 Å². The maximum Gasteiger partial charge on any atom is 0.0105 e. The highest BCUT2D eigenvalue weighted by Gasteiger charge is 2.26. The summed E-state index contributed by atoms with van der Waals surface area (Å²) in [6.07, 6.45) is 6.23. The van der Waals surface area contributed by atoms with Crippen molar-refractivity contribution in [3.63, 3.8) is 0 Å². The molecule has 0 saturated carbocycles. The van der Waals surface area contributed by atoms with E-state index in [1.165, 1.54) is 24.6 Å². The van der Waals surface area contributed by atoms with Crippen molar-refractivity contribution in [1.29, 1.82) is 0 Å². The topological polar surface area (TPSA) is 0 Å². The van der Waals surface area contributed by atoms with Crippen LogP contribution in [0.2, 0.25) is 0 Å². The highest BCUT2D eigenvalue weighted by molar-refractivity contribution is 7.49. The van der Waals surface area contributed by atoms with Crippen LogP contribution in [0.3, 0.4) is 0 Å². The first kappa shape index (κ1) is 12.8. The molecule has 2 unspecified atom stereocenters. The third kappa shape index (κ3) is 2.19. The molecule has 19 heavy (non-hydrogen) atoms. The molecular formula is C18H21P. The minimum Gasteiger partial charge on any atom is -0.117 e. The first-order valence-corrected chi connectivity index (χ1v) is 8.90. The quantitative estimate of drug-likeness (QED) is 0.625. The molecule has 0 saturated heterocycles. The van der Waals surface area contributed by atoms with Gasteiger partial charge in [-0.25, -0.2) is 0 Å². The van der Waals surface area contributed by atoms with Gasteiger partial charge < -0.3 is 0 Å². The lowest BCUT2D eigenvalue weighted by atomic mass is 9.91. The van der Waals surface area contributed by atoms with E-state index < -0.39 is 0 Å². The molecule has 0 aliphatic heterocycles. The van der Waals surface area contributed by atoms with Gasteiger partial charge in [-0.3, -0.25) is 0 Å². The average Bonchev–Trinajstić information content (AvgIpc) is 3.03. The van der Waals surface area contributed by atoms with Crippen molar-refractivity contribution in [3.8, 4) is 0 Å². The van der Waals surface area contributed by atoms with E-state index in [0.29, 0.717) is 5.92 Å². The van der Waals surface area contributed by atoms with Crippen molar-refractivity contribution >= 4 is 19.2 Å². The molecule has 0 spiro atoms. The Bertz CT molecular complexity index is 604. The summed E-state index contributed by atoms with van der Waals surface area (Å²) in [6.45, 7) is 4.61. The molecule has 1 aliphatic carbocycles. The van der Waals surface area contributed by atoms with Crippen LogP contribution in [0.4, 0.5) is 0 Å². The van der Waals surface area contributed by atoms with Gasteiger partial charge in [-0.1, -0.05) is 56.7 Å². The fraction of sp³-hybridized carbons (Fsp3) is 0.333. The Morgan fingerprint density at radius 3 is 2.68 bits per heavy atom. The number of benzene rings is 1. The average molecular weight is 268 g/mol. The summed E-state index contributed by atoms with van der Waals surface area (Å²) in [5.41, 5.74) is 4.58. The summed E-state index contributed by atoms with van der Waals surface area (Å²) in [5.74, 6) is 3.04. The Morgan fingerprint density at radius 1 is 1.05 bits per heavy atom. The number of hydrogen-bond donors (Lipinski definition) is 0. The summed E-state index contributed by atoms with van der Waals surface area (Å²) in [4.78, 5) is 0. The second-order valence-corrected chi connectivity index (χ2v) is 7.60. The molecular weight excluding hydrogens is 247 g/mol. The van der Waals surface area contributed by atoms with Gasteiger partial charge in [0, 0.05) is 5.92 Å². The molecule has 98 valence electrons. The van der Waals surface area contributed by atoms with Crippen LogP contribution < -0.4 is 0 Å². The Labute approximate surface area is 117 Å². The van der Waals surface area contributed by atoms with Gasteiger partial charge >= 0.3 is 0 Å². The summed E-state index contributed by atoms with van der Waals surface area (Å²) < 4.78 is 0. The standard InChI is InChI=1S/C18H21P/c1-3-8-16-15-10-6-5-9-14(15)13-17(16)18-11-7-12-19(18)4-2/h5-7,9-13,16H,3-4,8H2,1-2H3. The molecule has 1 aromatic heterocycles. The van der Waals surface area contributed by atoms with Gasteiger partial charge in [0.15, 0.2) is 0 Å². The van der Waals surface area contributed by atoms with Gasteiger partial charge in [-0.15, -0.1) is 7.53 Å². The van der Waals surface area contributed by atoms with Crippen molar-refractivity contribution in [2.45, 2.75) is 38.8 Å². The first-order chi connectivity index (χ1) is 9.35. The maximum absolute atomic E-state index is 2.44. The monoisotopic (exact) mass is 268 g/mol. The molecule has 1 heteroatoms. The second-order valence-electron chi connectivity index (χ2n) is 5.25. The Morgan fingerprint density at radius 2 is 1.89 bits per heavy atom. The zero-order valence-corrected chi connectivity index (χ0v) is 12.7. The van der Waals surface area contributed by atoms with Crippen LogP contribution in [0.1, 0.15) is 49.0 Å². The van der Waals surface area contributed by atoms with Crippen LogP contribution in [-0.4, -0.2) is 0 Å². The molecule has 0 nitrogen and oxygen atoms in total. The fourth-order valence-electron chi connectivity index (χ4n) is 3.20. The van der Waals surface area contributed by atoms with E-state index in [9.17, 15) is 0 Å². The molecule has 0 bridgehead atoms. The smallest absolute Gasteiger partial charge is 0.0105 e. The highest BCUT2D eigenvalue weighted by Crippen LogP contribution is 2.50. The minimum atomic E-state index is -0.0450. The summed E-state index contributed by atoms with van der Waals surface area (Å²) in [5, 5.41) is 1.62. The van der Waals surface area contributed by atoms with E-state index in [2.05, 4.69) is 62.1 Å². The van der Waals surface area contributed by atoms with Gasteiger partial charge in [0.05, 0.1) is 0 Å². The SMILES string of the molecule is CCCC1C(c2cccp2CC)=Cc2ccccc21. The minimum absolute atomic E-state index is 0.0450. The van der Waals surface area contributed by atoms with E-state index in [-0.39, 0.29) is 7.53 Å². The lowest BCUT2D eigenvalue weighted by Crippen LogP contribution is -1.97. The fourth-order valence-corrected chi connectivity index (χ4v) is 5.03. The van der Waals surface area contributed by atoms with Crippen LogP contribution >= 0.6 is 7.53 Å². The van der Waals surface area contributed by atoms with Crippen LogP contribution in [0.15, 0.2) is 42.2 Å². The van der Waals surface area contributed by atoms with E-state index >= 15 is 0 Å². The zero-order valence-electron chi connectivity index (χ0n) is 11.8. The molecule has 0 amide bonds. The normalized spacial score (nSPS) is 18.3. The van der Waals surface area contributed by atoms with Crippen molar-refractivity contribution in [1.82, 2.24) is 0 Å². The van der Waals surface area contributed by atoms with Crippen molar-refractivity contribution in [2.24, 2.45) is 0 Å². The summed E-state index contributed by atoms with van der Waals surface area (Å²) >= 11 is 0. The molecule has 1 heterocycles. The van der Waals surface area contributed by atoms with Crippen molar-refractivity contribution < 1.29 is 0 Å². The lowest BCUT2D eigenvalue weighted by molar-refractivity contribution is 0.738. The predicted molar refractivity (Wildman–Crippen MR) is 86.8 cm³/mol. The lowest BCUT2D eigenvalue weighted by Gasteiger charge is -2.17. The van der Waals surface area contributed by atoms with Gasteiger partial charge in [-0.2, -0.15) is 0 Å². The second kappa shape index (κ2) is 5.39. The number of fused-ring (bicyclic) bond motifs is 1. The third-order valence-electron chi connectivity index (χ3n) is 4.10. The van der Waals surface area contributed by atoms with Gasteiger partial charge in [-0.05, 0) is 46.5 Å². The summed E-state index contributed by atoms with van der Waals surface area (Å²) in [6, 6.07) is 13.5. The van der Waals surface area contributed by atoms with Crippen LogP contribution in [-0.2, 0) is 6.16 Å². The predicted octanol–water partition coefficient (Wildman–Crippen LogP) is 6.13. The molecule has 0 fully saturated rings. The molecule has 0 N–H and O–H groups in total. The third-order valence-corrected chi connectivity index (χ3v) is 6.34. The molecule has 0 radical (unpaired) electrons. The Hall–Kier alpha value is -1.26. The number of allylic oxidation sites excluding steroid dienone is 1. The summed E-state index contributed by atoms with van der Waals surface area (Å²) in [7, 11) is -0.0450. The van der Waals surface area contributed by atoms with Gasteiger partial charge in [0.25, 0.3) is 0 Å². The van der Waals surface area contributed by atoms with Gasteiger partial charge in [0.2, 0.25) is 0 Å². The largest absolute Gasteiger partial charge is 0.117 e. The zero-order chi connectivity index (χ0) is 13.2. The Balaban J connectivity index is 2.07. The molecule has 3 rings (SSSR count). The first-order valence-electron chi connectivity index (χ1n) is 7.31. The van der Waals surface area contributed by atoms with Crippen molar-refractivity contribution in [3.05, 3.63) is 58.6 Å². The van der Waals surface area contributed by atoms with E-state index in [4.69, 9.17) is 0 Å². The maximum atomic E-state index is 2.44. The highest BCUT2D eigenvalue weighted by atomic mass is 31.1. The molecule has 1 aliphatic rings.